The number of anilines is 3. The van der Waals surface area contributed by atoms with Gasteiger partial charge in [0.2, 0.25) is 12.4 Å². The standard InChI is InChI=1S/C27H37N9O3/c28-24(38)23-25(29-21-8-6-19(7-9-21)20-10-15-34(18-37)16-11-20)31-26(33-32-23)36-14-4-5-22(17-36)30-27(39)35-12-2-1-3-13-35/h6-9,18,20,22H,1-5,10-17H2,(H2,28,38)(H,30,39)(H,29,31,33). The van der Waals surface area contributed by atoms with Crippen LogP contribution in [0.3, 0.4) is 0 Å². The lowest BCUT2D eigenvalue weighted by molar-refractivity contribution is -0.119. The lowest BCUT2D eigenvalue weighted by Gasteiger charge is -2.35. The normalized spacial score (nSPS) is 20.4. The third-order valence-electron chi connectivity index (χ3n) is 7.91. The Morgan fingerprint density at radius 1 is 0.923 bits per heavy atom. The number of amides is 4. The molecule has 3 aliphatic rings. The van der Waals surface area contributed by atoms with E-state index in [-0.39, 0.29) is 23.6 Å². The number of hydrogen-bond acceptors (Lipinski definition) is 8. The molecule has 3 saturated heterocycles. The van der Waals surface area contributed by atoms with Crippen molar-refractivity contribution in [3.8, 4) is 0 Å². The van der Waals surface area contributed by atoms with E-state index in [1.807, 2.05) is 26.8 Å². The Balaban J connectivity index is 1.25. The van der Waals surface area contributed by atoms with Crippen molar-refractivity contribution in [1.29, 1.82) is 0 Å². The molecule has 208 valence electrons. The lowest BCUT2D eigenvalue weighted by atomic mass is 9.89. The maximum absolute atomic E-state index is 12.7. The molecule has 0 bridgehead atoms. The van der Waals surface area contributed by atoms with Gasteiger partial charge in [-0.2, -0.15) is 4.98 Å². The second-order valence-electron chi connectivity index (χ2n) is 10.6. The van der Waals surface area contributed by atoms with Crippen LogP contribution in [0.1, 0.15) is 66.9 Å². The van der Waals surface area contributed by atoms with E-state index in [2.05, 4.69) is 37.9 Å². The van der Waals surface area contributed by atoms with Gasteiger partial charge in [-0.25, -0.2) is 4.79 Å². The van der Waals surface area contributed by atoms with Gasteiger partial charge in [-0.1, -0.05) is 12.1 Å². The Morgan fingerprint density at radius 2 is 1.67 bits per heavy atom. The van der Waals surface area contributed by atoms with E-state index >= 15 is 0 Å². The van der Waals surface area contributed by atoms with Crippen LogP contribution >= 0.6 is 0 Å². The van der Waals surface area contributed by atoms with Crippen molar-refractivity contribution >= 4 is 35.8 Å². The van der Waals surface area contributed by atoms with Crippen LogP contribution in [-0.4, -0.2) is 88.6 Å². The molecule has 0 radical (unpaired) electrons. The van der Waals surface area contributed by atoms with E-state index in [9.17, 15) is 14.4 Å². The zero-order valence-electron chi connectivity index (χ0n) is 22.2. The van der Waals surface area contributed by atoms with Crippen molar-refractivity contribution in [2.45, 2.75) is 56.9 Å². The third-order valence-corrected chi connectivity index (χ3v) is 7.91. The molecule has 12 nitrogen and oxygen atoms in total. The number of carbonyl (C=O) groups excluding carboxylic acids is 3. The number of nitrogens with one attached hydrogen (secondary N) is 2. The van der Waals surface area contributed by atoms with Crippen molar-refractivity contribution < 1.29 is 14.4 Å². The van der Waals surface area contributed by atoms with Gasteiger partial charge in [-0.05, 0) is 68.6 Å². The molecule has 12 heteroatoms. The predicted molar refractivity (Wildman–Crippen MR) is 147 cm³/mol. The number of benzene rings is 1. The molecular formula is C27H37N9O3. The topological polar surface area (TPSA) is 150 Å². The Morgan fingerprint density at radius 3 is 2.36 bits per heavy atom. The summed E-state index contributed by atoms with van der Waals surface area (Å²) in [7, 11) is 0. The second kappa shape index (κ2) is 12.3. The van der Waals surface area contributed by atoms with Crippen LogP contribution in [0.5, 0.6) is 0 Å². The van der Waals surface area contributed by atoms with Crippen molar-refractivity contribution in [2.75, 3.05) is 49.5 Å². The van der Waals surface area contributed by atoms with Crippen molar-refractivity contribution in [3.63, 3.8) is 0 Å². The van der Waals surface area contributed by atoms with E-state index < -0.39 is 5.91 Å². The predicted octanol–water partition coefficient (Wildman–Crippen LogP) is 2.21. The molecular weight excluding hydrogens is 498 g/mol. The van der Waals surface area contributed by atoms with E-state index in [4.69, 9.17) is 5.73 Å². The Labute approximate surface area is 228 Å². The van der Waals surface area contributed by atoms with E-state index in [0.717, 1.165) is 83.3 Å². The fourth-order valence-electron chi connectivity index (χ4n) is 5.66. The molecule has 4 N–H and O–H groups in total. The van der Waals surface area contributed by atoms with Crippen LogP contribution in [-0.2, 0) is 4.79 Å². The fourth-order valence-corrected chi connectivity index (χ4v) is 5.66. The number of hydrogen-bond donors (Lipinski definition) is 3. The highest BCUT2D eigenvalue weighted by Crippen LogP contribution is 2.29. The Kier molecular flexibility index (Phi) is 8.38. The lowest BCUT2D eigenvalue weighted by Crippen LogP contribution is -2.52. The van der Waals surface area contributed by atoms with Crippen molar-refractivity contribution in [1.82, 2.24) is 30.3 Å². The largest absolute Gasteiger partial charge is 0.364 e. The number of urea groups is 1. The summed E-state index contributed by atoms with van der Waals surface area (Å²) in [5.74, 6) is 0.330. The molecule has 1 unspecified atom stereocenters. The summed E-state index contributed by atoms with van der Waals surface area (Å²) >= 11 is 0. The van der Waals surface area contributed by atoms with Crippen LogP contribution in [0.25, 0.3) is 0 Å². The number of nitrogens with two attached hydrogens (primary N) is 1. The van der Waals surface area contributed by atoms with Gasteiger partial charge >= 0.3 is 6.03 Å². The fraction of sp³-hybridized carbons (Fsp3) is 0.556. The molecule has 1 aromatic heterocycles. The number of primary amides is 1. The van der Waals surface area contributed by atoms with Crippen molar-refractivity contribution in [2.24, 2.45) is 5.73 Å². The number of piperidine rings is 3. The molecule has 0 saturated carbocycles. The zero-order valence-corrected chi connectivity index (χ0v) is 22.2. The Bertz CT molecular complexity index is 1160. The van der Waals surface area contributed by atoms with Crippen molar-refractivity contribution in [3.05, 3.63) is 35.5 Å². The highest BCUT2D eigenvalue weighted by molar-refractivity contribution is 5.96. The summed E-state index contributed by atoms with van der Waals surface area (Å²) in [5, 5.41) is 14.6. The number of carbonyl (C=O) groups is 3. The minimum atomic E-state index is -0.715. The molecule has 0 aliphatic carbocycles. The molecule has 0 spiro atoms. The minimum Gasteiger partial charge on any atom is -0.364 e. The van der Waals surface area contributed by atoms with Gasteiger partial charge < -0.3 is 31.1 Å². The summed E-state index contributed by atoms with van der Waals surface area (Å²) in [5.41, 5.74) is 7.51. The van der Waals surface area contributed by atoms with Gasteiger partial charge in [0, 0.05) is 51.0 Å². The summed E-state index contributed by atoms with van der Waals surface area (Å²) in [6.45, 7) is 4.44. The highest BCUT2D eigenvalue weighted by atomic mass is 16.2. The van der Waals surface area contributed by atoms with Gasteiger partial charge in [-0.3, -0.25) is 9.59 Å². The molecule has 3 fully saturated rings. The van der Waals surface area contributed by atoms with Crippen LogP contribution in [0.2, 0.25) is 0 Å². The summed E-state index contributed by atoms with van der Waals surface area (Å²) in [6.07, 6.45) is 7.83. The first-order valence-corrected chi connectivity index (χ1v) is 13.9. The average Bonchev–Trinajstić information content (AvgIpc) is 2.98. The smallest absolute Gasteiger partial charge is 0.317 e. The molecule has 3 aliphatic heterocycles. The molecule has 5 rings (SSSR count). The maximum atomic E-state index is 12.7. The monoisotopic (exact) mass is 535 g/mol. The van der Waals surface area contributed by atoms with Gasteiger partial charge in [0.25, 0.3) is 5.91 Å². The zero-order chi connectivity index (χ0) is 27.2. The molecule has 4 amide bonds. The first-order valence-electron chi connectivity index (χ1n) is 13.9. The Hall–Kier alpha value is -3.96. The van der Waals surface area contributed by atoms with E-state index in [0.29, 0.717) is 18.4 Å². The second-order valence-corrected chi connectivity index (χ2v) is 10.6. The first kappa shape index (κ1) is 26.6. The maximum Gasteiger partial charge on any atom is 0.317 e. The summed E-state index contributed by atoms with van der Waals surface area (Å²) in [4.78, 5) is 46.1. The number of likely N-dealkylation sites (tertiary alicyclic amines) is 2. The van der Waals surface area contributed by atoms with E-state index in [1.54, 1.807) is 0 Å². The summed E-state index contributed by atoms with van der Waals surface area (Å²) in [6, 6.07) is 7.98. The average molecular weight is 536 g/mol. The number of nitrogens with zero attached hydrogens (tertiary/aromatic N) is 6. The number of aromatic nitrogens is 3. The molecule has 1 atom stereocenters. The van der Waals surface area contributed by atoms with Gasteiger partial charge in [0.05, 0.1) is 0 Å². The van der Waals surface area contributed by atoms with Crippen LogP contribution in [0, 0.1) is 0 Å². The number of rotatable bonds is 7. The van der Waals surface area contributed by atoms with E-state index in [1.165, 1.54) is 12.0 Å². The molecule has 39 heavy (non-hydrogen) atoms. The van der Waals surface area contributed by atoms with Crippen LogP contribution in [0.4, 0.5) is 22.2 Å². The van der Waals surface area contributed by atoms with Gasteiger partial charge in [-0.15, -0.1) is 10.2 Å². The molecule has 2 aromatic rings. The molecule has 1 aromatic carbocycles. The first-order chi connectivity index (χ1) is 19.0. The van der Waals surface area contributed by atoms with Gasteiger partial charge in [0.1, 0.15) is 0 Å². The highest BCUT2D eigenvalue weighted by Gasteiger charge is 2.27. The third kappa shape index (κ3) is 6.55. The quantitative estimate of drug-likeness (QED) is 0.457. The van der Waals surface area contributed by atoms with Crippen LogP contribution in [0.15, 0.2) is 24.3 Å². The molecule has 4 heterocycles. The SMILES string of the molecule is NC(=O)c1nnc(N2CCCC(NC(=O)N3CCCCC3)C2)nc1Nc1ccc(C2CCN(C=O)CC2)cc1. The van der Waals surface area contributed by atoms with Crippen LogP contribution < -0.4 is 21.3 Å². The summed E-state index contributed by atoms with van der Waals surface area (Å²) < 4.78 is 0. The minimum absolute atomic E-state index is 0.00948. The van der Waals surface area contributed by atoms with Gasteiger partial charge in [0.15, 0.2) is 11.5 Å².